The molecule has 0 aliphatic heterocycles. The van der Waals surface area contributed by atoms with Gasteiger partial charge in [0.05, 0.1) is 0 Å². The van der Waals surface area contributed by atoms with Crippen molar-refractivity contribution in [1.82, 2.24) is 0 Å². The van der Waals surface area contributed by atoms with Crippen molar-refractivity contribution in [1.29, 1.82) is 0 Å². The van der Waals surface area contributed by atoms with E-state index in [1.54, 1.807) is 0 Å². The minimum atomic E-state index is -0.00858. The monoisotopic (exact) mass is 1020 g/mol. The van der Waals surface area contributed by atoms with Gasteiger partial charge in [-0.15, -0.1) is 0 Å². The molecule has 4 aliphatic rings. The first-order valence-electron chi connectivity index (χ1n) is 29.7. The molecular weight excluding hydrogens is 961 g/mol. The molecule has 2 spiro atoms. The maximum Gasteiger partial charge on any atom is 0.0215 e. The van der Waals surface area contributed by atoms with Gasteiger partial charge in [0.25, 0.3) is 0 Å². The molecule has 0 aromatic heterocycles. The third kappa shape index (κ3) is 6.23. The van der Waals surface area contributed by atoms with Crippen molar-refractivity contribution < 1.29 is 0 Å². The molecule has 0 saturated heterocycles. The Morgan fingerprint density at radius 1 is 0.200 bits per heavy atom. The molecule has 80 heavy (non-hydrogen) atoms. The number of hydrogen-bond acceptors (Lipinski definition) is 0. The van der Waals surface area contributed by atoms with E-state index >= 15 is 0 Å². The Bertz CT molecular complexity index is 4550. The molecule has 2 saturated carbocycles. The minimum absolute atomic E-state index is 0.00858. The Kier molecular flexibility index (Phi) is 9.49. The molecule has 4 aliphatic carbocycles. The summed E-state index contributed by atoms with van der Waals surface area (Å²) in [7, 11) is 0. The van der Waals surface area contributed by atoms with E-state index in [1.807, 2.05) is 0 Å². The summed E-state index contributed by atoms with van der Waals surface area (Å²) in [6, 6.07) is 90.0. The van der Waals surface area contributed by atoms with E-state index in [4.69, 9.17) is 0 Å². The van der Waals surface area contributed by atoms with Crippen LogP contribution >= 0.6 is 0 Å². The molecule has 0 bridgehead atoms. The number of benzene rings is 14. The van der Waals surface area contributed by atoms with Crippen molar-refractivity contribution in [2.45, 2.75) is 75.0 Å². The summed E-state index contributed by atoms with van der Waals surface area (Å²) >= 11 is 0. The van der Waals surface area contributed by atoms with Crippen LogP contribution in [-0.2, 0) is 10.8 Å². The minimum Gasteiger partial charge on any atom is -0.0616 e. The lowest BCUT2D eigenvalue weighted by molar-refractivity contribution is 0.353. The quantitative estimate of drug-likeness (QED) is 0.151. The van der Waals surface area contributed by atoms with Crippen molar-refractivity contribution >= 4 is 64.6 Å². The molecule has 0 atom stereocenters. The van der Waals surface area contributed by atoms with Crippen LogP contribution in [-0.4, -0.2) is 0 Å². The first-order chi connectivity index (χ1) is 39.6. The highest BCUT2D eigenvalue weighted by atomic mass is 14.5. The van der Waals surface area contributed by atoms with Crippen LogP contribution in [0.4, 0.5) is 0 Å². The Hall–Kier alpha value is -8.84. The highest BCUT2D eigenvalue weighted by Gasteiger charge is 2.46. The topological polar surface area (TPSA) is 0 Å². The van der Waals surface area contributed by atoms with Gasteiger partial charge in [0.2, 0.25) is 0 Å². The number of hydrogen-bond donors (Lipinski definition) is 0. The Morgan fingerprint density at radius 3 is 0.850 bits per heavy atom. The van der Waals surface area contributed by atoms with Gasteiger partial charge in [0.15, 0.2) is 0 Å². The SMILES string of the molecule is c1ccc(-c2ccccc2-c2ccc3c(c2)C2(CCCCC2)c2cc(-c4ccc5ccc6cccc7ccc4c5c67)ccc2-3)c(-c2ccc3c(c2)C2(CCCCC2)c2cc(-c4ccc5ccc6cccc7ccc4c5c67)ccc2-3)c1. The zero-order valence-electron chi connectivity index (χ0n) is 45.0. The van der Waals surface area contributed by atoms with Gasteiger partial charge in [0, 0.05) is 10.8 Å². The Balaban J connectivity index is 0.728. The van der Waals surface area contributed by atoms with Gasteiger partial charge < -0.3 is 0 Å². The fraction of sp³-hybridized carbons (Fsp3) is 0.150. The molecule has 14 aromatic rings. The predicted octanol–water partition coefficient (Wildman–Crippen LogP) is 22.3. The summed E-state index contributed by atoms with van der Waals surface area (Å²) < 4.78 is 0. The van der Waals surface area contributed by atoms with E-state index in [0.717, 1.165) is 0 Å². The summed E-state index contributed by atoms with van der Waals surface area (Å²) in [5, 5.41) is 16.1. The molecule has 2 fully saturated rings. The third-order valence-corrected chi connectivity index (χ3v) is 20.6. The van der Waals surface area contributed by atoms with Crippen LogP contribution in [0.25, 0.3) is 143 Å². The lowest BCUT2D eigenvalue weighted by Crippen LogP contribution is -2.28. The zero-order chi connectivity index (χ0) is 52.3. The summed E-state index contributed by atoms with van der Waals surface area (Å²) in [6.45, 7) is 0. The van der Waals surface area contributed by atoms with Gasteiger partial charge in [-0.1, -0.05) is 245 Å². The summed E-state index contributed by atoms with van der Waals surface area (Å²) in [5.74, 6) is 0. The molecular formula is C80H58. The molecule has 0 heteroatoms. The average Bonchev–Trinajstić information content (AvgIpc) is 4.15. The maximum absolute atomic E-state index is 2.62. The van der Waals surface area contributed by atoms with E-state index in [1.165, 1.54) is 229 Å². The highest BCUT2D eigenvalue weighted by Crippen LogP contribution is 2.60. The zero-order valence-corrected chi connectivity index (χ0v) is 45.0. The van der Waals surface area contributed by atoms with Crippen LogP contribution in [0.2, 0.25) is 0 Å². The normalized spacial score (nSPS) is 15.9. The molecule has 378 valence electrons. The van der Waals surface area contributed by atoms with Crippen molar-refractivity contribution in [3.8, 4) is 77.9 Å². The first kappa shape index (κ1) is 45.1. The van der Waals surface area contributed by atoms with Gasteiger partial charge in [-0.05, 0) is 215 Å². The largest absolute Gasteiger partial charge is 0.0616 e. The first-order valence-corrected chi connectivity index (χ1v) is 29.7. The fourth-order valence-corrected chi connectivity index (χ4v) is 17.0. The van der Waals surface area contributed by atoms with E-state index < -0.39 is 0 Å². The molecule has 0 heterocycles. The van der Waals surface area contributed by atoms with Crippen molar-refractivity contribution in [2.24, 2.45) is 0 Å². The molecule has 0 nitrogen and oxygen atoms in total. The van der Waals surface area contributed by atoms with E-state index in [2.05, 4.69) is 231 Å². The van der Waals surface area contributed by atoms with Crippen LogP contribution in [0.1, 0.15) is 86.5 Å². The molecule has 0 unspecified atom stereocenters. The Morgan fingerprint density at radius 2 is 0.487 bits per heavy atom. The van der Waals surface area contributed by atoms with Gasteiger partial charge in [0.1, 0.15) is 0 Å². The second kappa shape index (κ2) is 16.8. The highest BCUT2D eigenvalue weighted by molar-refractivity contribution is 6.27. The predicted molar refractivity (Wildman–Crippen MR) is 340 cm³/mol. The van der Waals surface area contributed by atoms with Gasteiger partial charge in [-0.3, -0.25) is 0 Å². The summed E-state index contributed by atoms with van der Waals surface area (Å²) in [5.41, 5.74) is 24.9. The number of fused-ring (bicyclic) bond motifs is 10. The molecule has 0 radical (unpaired) electrons. The van der Waals surface area contributed by atoms with Crippen LogP contribution in [0.15, 0.2) is 231 Å². The van der Waals surface area contributed by atoms with E-state index in [9.17, 15) is 0 Å². The number of rotatable bonds is 5. The van der Waals surface area contributed by atoms with Crippen molar-refractivity contribution in [3.63, 3.8) is 0 Å². The van der Waals surface area contributed by atoms with Gasteiger partial charge in [-0.2, -0.15) is 0 Å². The van der Waals surface area contributed by atoms with Crippen LogP contribution in [0.5, 0.6) is 0 Å². The fourth-order valence-electron chi connectivity index (χ4n) is 17.0. The van der Waals surface area contributed by atoms with Crippen LogP contribution in [0, 0.1) is 0 Å². The van der Waals surface area contributed by atoms with Gasteiger partial charge >= 0.3 is 0 Å². The van der Waals surface area contributed by atoms with Gasteiger partial charge in [-0.25, -0.2) is 0 Å². The lowest BCUT2D eigenvalue weighted by Gasteiger charge is -2.36. The van der Waals surface area contributed by atoms with Crippen LogP contribution in [0.3, 0.4) is 0 Å². The van der Waals surface area contributed by atoms with Crippen LogP contribution < -0.4 is 0 Å². The molecule has 14 aromatic carbocycles. The van der Waals surface area contributed by atoms with E-state index in [-0.39, 0.29) is 10.8 Å². The van der Waals surface area contributed by atoms with E-state index in [0.29, 0.717) is 0 Å². The third-order valence-electron chi connectivity index (χ3n) is 20.6. The Labute approximate surface area is 467 Å². The standard InChI is InChI=1S/C80H58/c1-7-41-79(42-8-1)71-45-55(29-35-65(71)67-37-31-57(47-73(67)79)61-33-25-53-23-21-49-13-11-15-51-27-39-69(61)77(53)75(49)51)59-17-3-5-19-63(59)64-20-6-4-18-60(64)56-30-36-66-68-38-32-58(48-74(68)80(72(66)46-56)43-9-2-10-44-80)62-34-26-54-24-22-50-14-12-16-52-28-40-70(62)78(54)76(50)52/h3-6,11-40,45-48H,1-2,7-10,41-44H2. The molecule has 0 N–H and O–H groups in total. The smallest absolute Gasteiger partial charge is 0.0215 e. The average molecular weight is 1020 g/mol. The van der Waals surface area contributed by atoms with Crippen molar-refractivity contribution in [3.05, 3.63) is 253 Å². The summed E-state index contributed by atoms with van der Waals surface area (Å²) in [6.07, 6.45) is 12.4. The summed E-state index contributed by atoms with van der Waals surface area (Å²) in [4.78, 5) is 0. The maximum atomic E-state index is 2.62. The molecule has 18 rings (SSSR count). The van der Waals surface area contributed by atoms with Crippen molar-refractivity contribution in [2.75, 3.05) is 0 Å². The second-order valence-electron chi connectivity index (χ2n) is 24.4. The lowest BCUT2D eigenvalue weighted by atomic mass is 9.67. The molecule has 0 amide bonds. The second-order valence-corrected chi connectivity index (χ2v) is 24.4.